The zero-order valence-electron chi connectivity index (χ0n) is 13.3. The van der Waals surface area contributed by atoms with Gasteiger partial charge in [0.05, 0.1) is 6.61 Å². The van der Waals surface area contributed by atoms with E-state index in [2.05, 4.69) is 35.2 Å². The van der Waals surface area contributed by atoms with Crippen molar-refractivity contribution in [2.75, 3.05) is 40.0 Å². The molecule has 1 aliphatic heterocycles. The summed E-state index contributed by atoms with van der Waals surface area (Å²) in [5, 5.41) is 9.81. The van der Waals surface area contributed by atoms with Gasteiger partial charge in [-0.15, -0.1) is 0 Å². The third-order valence-electron chi connectivity index (χ3n) is 4.70. The smallest absolute Gasteiger partial charge is 0.0500 e. The highest BCUT2D eigenvalue weighted by Crippen LogP contribution is 2.33. The molecular weight excluding hydrogens is 262 g/mol. The molecule has 0 radical (unpaired) electrons. The van der Waals surface area contributed by atoms with Crippen LogP contribution in [0.25, 0.3) is 0 Å². The van der Waals surface area contributed by atoms with E-state index >= 15 is 0 Å². The number of hydrogen-bond donors (Lipinski definition) is 1. The highest BCUT2D eigenvalue weighted by Gasteiger charge is 2.34. The minimum Gasteiger partial charge on any atom is -0.396 e. The molecule has 0 aliphatic carbocycles. The van der Waals surface area contributed by atoms with Crippen molar-refractivity contribution >= 4 is 0 Å². The fraction of sp³-hybridized carbons (Fsp3) is 0.667. The van der Waals surface area contributed by atoms with Gasteiger partial charge in [-0.05, 0) is 50.8 Å². The van der Waals surface area contributed by atoms with Crippen LogP contribution in [-0.4, -0.2) is 50.0 Å². The zero-order chi connectivity index (χ0) is 15.0. The number of nitrogens with zero attached hydrogens (tertiary/aromatic N) is 1. The Labute approximate surface area is 128 Å². The number of hydrogen-bond acceptors (Lipinski definition) is 3. The average Bonchev–Trinajstić information content (AvgIpc) is 2.54. The van der Waals surface area contributed by atoms with Gasteiger partial charge in [0, 0.05) is 25.7 Å². The summed E-state index contributed by atoms with van der Waals surface area (Å²) >= 11 is 0. The number of methoxy groups -OCH3 is 1. The maximum atomic E-state index is 9.81. The highest BCUT2D eigenvalue weighted by molar-refractivity contribution is 5.14. The predicted octanol–water partition coefficient (Wildman–Crippen LogP) is 2.73. The molecule has 1 atom stereocenters. The summed E-state index contributed by atoms with van der Waals surface area (Å²) in [5.41, 5.74) is 1.48. The fourth-order valence-corrected chi connectivity index (χ4v) is 3.38. The first-order valence-electron chi connectivity index (χ1n) is 8.14. The molecule has 0 aromatic heterocycles. The van der Waals surface area contributed by atoms with Crippen molar-refractivity contribution < 1.29 is 9.84 Å². The molecule has 21 heavy (non-hydrogen) atoms. The molecular formula is C18H29NO2. The first-order valence-corrected chi connectivity index (χ1v) is 8.14. The second-order valence-electron chi connectivity index (χ2n) is 6.37. The van der Waals surface area contributed by atoms with Crippen LogP contribution in [0.15, 0.2) is 30.3 Å². The molecule has 0 bridgehead atoms. The fourth-order valence-electron chi connectivity index (χ4n) is 3.38. The first kappa shape index (κ1) is 16.5. The Bertz CT molecular complexity index is 395. The van der Waals surface area contributed by atoms with Crippen LogP contribution in [0.3, 0.4) is 0 Å². The summed E-state index contributed by atoms with van der Waals surface area (Å²) in [6.45, 7) is 4.35. The van der Waals surface area contributed by atoms with Gasteiger partial charge in [-0.2, -0.15) is 0 Å². The van der Waals surface area contributed by atoms with Crippen molar-refractivity contribution in [2.45, 2.75) is 32.1 Å². The van der Waals surface area contributed by atoms with E-state index in [1.54, 1.807) is 7.11 Å². The van der Waals surface area contributed by atoms with E-state index in [0.29, 0.717) is 0 Å². The molecule has 2 rings (SSSR count). The summed E-state index contributed by atoms with van der Waals surface area (Å²) in [6, 6.07) is 10.7. The minimum absolute atomic E-state index is 0.0566. The first-order chi connectivity index (χ1) is 10.3. The zero-order valence-corrected chi connectivity index (χ0v) is 13.3. The quantitative estimate of drug-likeness (QED) is 0.799. The number of piperidine rings is 1. The van der Waals surface area contributed by atoms with E-state index in [1.807, 2.05) is 0 Å². The van der Waals surface area contributed by atoms with Gasteiger partial charge in [-0.3, -0.25) is 0 Å². The molecule has 1 aromatic carbocycles. The van der Waals surface area contributed by atoms with Crippen molar-refractivity contribution in [3.63, 3.8) is 0 Å². The summed E-state index contributed by atoms with van der Waals surface area (Å²) < 4.78 is 5.22. The lowest BCUT2D eigenvalue weighted by atomic mass is 9.78. The second kappa shape index (κ2) is 8.52. The van der Waals surface area contributed by atoms with Crippen LogP contribution >= 0.6 is 0 Å². The molecule has 3 heteroatoms. The Kier molecular flexibility index (Phi) is 6.68. The molecule has 3 nitrogen and oxygen atoms in total. The summed E-state index contributed by atoms with van der Waals surface area (Å²) in [4.78, 5) is 2.53. The molecule has 0 unspecified atom stereocenters. The van der Waals surface area contributed by atoms with Crippen molar-refractivity contribution in [1.29, 1.82) is 0 Å². The van der Waals surface area contributed by atoms with Gasteiger partial charge in [-0.25, -0.2) is 0 Å². The van der Waals surface area contributed by atoms with Gasteiger partial charge in [0.15, 0.2) is 0 Å². The van der Waals surface area contributed by atoms with Gasteiger partial charge < -0.3 is 14.7 Å². The monoisotopic (exact) mass is 291 g/mol. The Morgan fingerprint density at radius 1 is 1.29 bits per heavy atom. The van der Waals surface area contributed by atoms with Crippen LogP contribution in [-0.2, 0) is 11.2 Å². The molecule has 1 aromatic rings. The van der Waals surface area contributed by atoms with Crippen LogP contribution in [0.5, 0.6) is 0 Å². The van der Waals surface area contributed by atoms with Gasteiger partial charge in [-0.1, -0.05) is 30.3 Å². The summed E-state index contributed by atoms with van der Waals surface area (Å²) in [7, 11) is 1.74. The van der Waals surface area contributed by atoms with Crippen molar-refractivity contribution in [1.82, 2.24) is 4.90 Å². The standard InChI is InChI=1S/C18H29NO2/c1-21-14-11-18(16-20)10-6-13-19(15-18)12-5-9-17-7-3-2-4-8-17/h2-4,7-8,20H,5-6,9-16H2,1H3/t18-/m1/s1. The molecule has 0 amide bonds. The number of ether oxygens (including phenoxy) is 1. The molecule has 0 saturated carbocycles. The Morgan fingerprint density at radius 3 is 2.81 bits per heavy atom. The van der Waals surface area contributed by atoms with E-state index in [9.17, 15) is 5.11 Å². The van der Waals surface area contributed by atoms with Crippen LogP contribution in [0.2, 0.25) is 0 Å². The molecule has 1 N–H and O–H groups in total. The van der Waals surface area contributed by atoms with E-state index in [1.165, 1.54) is 24.9 Å². The SMILES string of the molecule is COCC[C@]1(CO)CCCN(CCCc2ccccc2)C1. The number of likely N-dealkylation sites (tertiary alicyclic amines) is 1. The molecule has 118 valence electrons. The van der Waals surface area contributed by atoms with E-state index in [4.69, 9.17) is 4.74 Å². The topological polar surface area (TPSA) is 32.7 Å². The molecule has 1 aliphatic rings. The summed E-state index contributed by atoms with van der Waals surface area (Å²) in [6.07, 6.45) is 5.62. The lowest BCUT2D eigenvalue weighted by molar-refractivity contribution is 0.00731. The van der Waals surface area contributed by atoms with Crippen LogP contribution in [0, 0.1) is 5.41 Å². The third-order valence-corrected chi connectivity index (χ3v) is 4.70. The molecule has 0 spiro atoms. The van der Waals surface area contributed by atoms with Gasteiger partial charge in [0.2, 0.25) is 0 Å². The normalized spacial score (nSPS) is 23.3. The van der Waals surface area contributed by atoms with Crippen LogP contribution < -0.4 is 0 Å². The molecule has 1 saturated heterocycles. The molecule has 1 fully saturated rings. The van der Waals surface area contributed by atoms with Crippen LogP contribution in [0.4, 0.5) is 0 Å². The van der Waals surface area contributed by atoms with E-state index < -0.39 is 0 Å². The predicted molar refractivity (Wildman–Crippen MR) is 86.4 cm³/mol. The van der Waals surface area contributed by atoms with Crippen molar-refractivity contribution in [3.8, 4) is 0 Å². The summed E-state index contributed by atoms with van der Waals surface area (Å²) in [5.74, 6) is 0. The lowest BCUT2D eigenvalue weighted by Crippen LogP contribution is -2.46. The second-order valence-corrected chi connectivity index (χ2v) is 6.37. The average molecular weight is 291 g/mol. The Balaban J connectivity index is 1.78. The van der Waals surface area contributed by atoms with E-state index in [0.717, 1.165) is 39.0 Å². The molecule has 1 heterocycles. The van der Waals surface area contributed by atoms with Crippen LogP contribution in [0.1, 0.15) is 31.2 Å². The lowest BCUT2D eigenvalue weighted by Gasteiger charge is -2.42. The largest absolute Gasteiger partial charge is 0.396 e. The van der Waals surface area contributed by atoms with Gasteiger partial charge >= 0.3 is 0 Å². The highest BCUT2D eigenvalue weighted by atomic mass is 16.5. The van der Waals surface area contributed by atoms with Gasteiger partial charge in [0.25, 0.3) is 0 Å². The Morgan fingerprint density at radius 2 is 2.10 bits per heavy atom. The Hall–Kier alpha value is -0.900. The number of aryl methyl sites for hydroxylation is 1. The minimum atomic E-state index is 0.0566. The number of aliphatic hydroxyl groups is 1. The third kappa shape index (κ3) is 5.10. The maximum absolute atomic E-state index is 9.81. The number of aliphatic hydroxyl groups excluding tert-OH is 1. The van der Waals surface area contributed by atoms with Crippen molar-refractivity contribution in [2.24, 2.45) is 5.41 Å². The number of benzene rings is 1. The van der Waals surface area contributed by atoms with Crippen molar-refractivity contribution in [3.05, 3.63) is 35.9 Å². The van der Waals surface area contributed by atoms with Gasteiger partial charge in [0.1, 0.15) is 0 Å². The maximum Gasteiger partial charge on any atom is 0.0500 e. The van der Waals surface area contributed by atoms with E-state index in [-0.39, 0.29) is 12.0 Å². The number of rotatable bonds is 8.